The Morgan fingerprint density at radius 3 is 2.52 bits per heavy atom. The molecule has 1 aliphatic carbocycles. The Hall–Kier alpha value is -2.18. The predicted octanol–water partition coefficient (Wildman–Crippen LogP) is 3.88. The molecule has 2 rings (SSSR count). The Morgan fingerprint density at radius 2 is 1.96 bits per heavy atom. The van der Waals surface area contributed by atoms with Gasteiger partial charge in [-0.3, -0.25) is 4.99 Å². The Balaban J connectivity index is 2.09. The van der Waals surface area contributed by atoms with Crippen LogP contribution in [0.5, 0.6) is 5.75 Å². The van der Waals surface area contributed by atoms with E-state index >= 15 is 0 Å². The SMILES string of the molecule is CN=C(NCc1ccc(OC(C)C)cc1C(F)(F)F)NC1CC=CC1. The van der Waals surface area contributed by atoms with Gasteiger partial charge in [0.15, 0.2) is 5.96 Å². The van der Waals surface area contributed by atoms with Crippen LogP contribution in [0.4, 0.5) is 13.2 Å². The first-order chi connectivity index (χ1) is 11.8. The third-order valence-corrected chi connectivity index (χ3v) is 3.78. The summed E-state index contributed by atoms with van der Waals surface area (Å²) in [5, 5.41) is 6.16. The van der Waals surface area contributed by atoms with Crippen molar-refractivity contribution in [2.45, 2.75) is 51.6 Å². The van der Waals surface area contributed by atoms with Gasteiger partial charge in [0.2, 0.25) is 0 Å². The number of hydrogen-bond donors (Lipinski definition) is 2. The molecule has 0 atom stereocenters. The molecule has 2 N–H and O–H groups in total. The van der Waals surface area contributed by atoms with Gasteiger partial charge in [0, 0.05) is 19.6 Å². The summed E-state index contributed by atoms with van der Waals surface area (Å²) in [5.41, 5.74) is -0.549. The van der Waals surface area contributed by atoms with E-state index in [1.165, 1.54) is 6.07 Å². The van der Waals surface area contributed by atoms with E-state index in [-0.39, 0.29) is 30.0 Å². The summed E-state index contributed by atoms with van der Waals surface area (Å²) >= 11 is 0. The lowest BCUT2D eigenvalue weighted by Crippen LogP contribution is -2.42. The molecule has 4 nitrogen and oxygen atoms in total. The quantitative estimate of drug-likeness (QED) is 0.479. The minimum Gasteiger partial charge on any atom is -0.491 e. The van der Waals surface area contributed by atoms with Gasteiger partial charge in [0.1, 0.15) is 5.75 Å². The van der Waals surface area contributed by atoms with Crippen LogP contribution in [0.3, 0.4) is 0 Å². The number of halogens is 3. The van der Waals surface area contributed by atoms with Crippen LogP contribution in [-0.4, -0.2) is 25.2 Å². The summed E-state index contributed by atoms with van der Waals surface area (Å²) in [5.74, 6) is 0.704. The van der Waals surface area contributed by atoms with Crippen LogP contribution in [0.1, 0.15) is 37.8 Å². The summed E-state index contributed by atoms with van der Waals surface area (Å²) in [6.45, 7) is 3.57. The lowest BCUT2D eigenvalue weighted by atomic mass is 10.1. The lowest BCUT2D eigenvalue weighted by Gasteiger charge is -2.19. The van der Waals surface area contributed by atoms with E-state index in [4.69, 9.17) is 4.74 Å². The minimum absolute atomic E-state index is 0.0244. The molecule has 0 spiro atoms. The predicted molar refractivity (Wildman–Crippen MR) is 92.7 cm³/mol. The van der Waals surface area contributed by atoms with Crippen molar-refractivity contribution in [3.63, 3.8) is 0 Å². The molecular weight excluding hydrogens is 331 g/mol. The number of nitrogens with one attached hydrogen (secondary N) is 2. The fourth-order valence-electron chi connectivity index (χ4n) is 2.62. The van der Waals surface area contributed by atoms with E-state index in [1.54, 1.807) is 27.0 Å². The van der Waals surface area contributed by atoms with Crippen LogP contribution in [0.15, 0.2) is 35.3 Å². The van der Waals surface area contributed by atoms with Gasteiger partial charge < -0.3 is 15.4 Å². The van der Waals surface area contributed by atoms with Crippen molar-refractivity contribution >= 4 is 5.96 Å². The molecule has 25 heavy (non-hydrogen) atoms. The highest BCUT2D eigenvalue weighted by atomic mass is 19.4. The molecule has 0 saturated carbocycles. The molecule has 0 aliphatic heterocycles. The van der Waals surface area contributed by atoms with E-state index < -0.39 is 11.7 Å². The topological polar surface area (TPSA) is 45.7 Å². The summed E-state index contributed by atoms with van der Waals surface area (Å²) in [4.78, 5) is 4.08. The first-order valence-electron chi connectivity index (χ1n) is 8.28. The summed E-state index contributed by atoms with van der Waals surface area (Å²) in [7, 11) is 1.60. The third kappa shape index (κ3) is 5.69. The van der Waals surface area contributed by atoms with Crippen molar-refractivity contribution in [1.82, 2.24) is 10.6 Å². The third-order valence-electron chi connectivity index (χ3n) is 3.78. The maximum absolute atomic E-state index is 13.4. The van der Waals surface area contributed by atoms with Crippen molar-refractivity contribution in [2.75, 3.05) is 7.05 Å². The monoisotopic (exact) mass is 355 g/mol. The fraction of sp³-hybridized carbons (Fsp3) is 0.500. The molecule has 0 aromatic heterocycles. The van der Waals surface area contributed by atoms with E-state index in [0.717, 1.165) is 18.9 Å². The first kappa shape index (κ1) is 19.1. The zero-order valence-electron chi connectivity index (χ0n) is 14.7. The summed E-state index contributed by atoms with van der Waals surface area (Å²) in [6, 6.07) is 4.28. The smallest absolute Gasteiger partial charge is 0.416 e. The Morgan fingerprint density at radius 1 is 1.28 bits per heavy atom. The van der Waals surface area contributed by atoms with Crippen molar-refractivity contribution in [2.24, 2.45) is 4.99 Å². The average molecular weight is 355 g/mol. The second-order valence-electron chi connectivity index (χ2n) is 6.19. The van der Waals surface area contributed by atoms with Crippen molar-refractivity contribution < 1.29 is 17.9 Å². The second kappa shape index (κ2) is 8.27. The highest BCUT2D eigenvalue weighted by Gasteiger charge is 2.34. The van der Waals surface area contributed by atoms with Gasteiger partial charge in [-0.15, -0.1) is 0 Å². The van der Waals surface area contributed by atoms with Crippen LogP contribution in [0.2, 0.25) is 0 Å². The van der Waals surface area contributed by atoms with E-state index in [0.29, 0.717) is 5.96 Å². The van der Waals surface area contributed by atoms with Gasteiger partial charge in [-0.1, -0.05) is 18.2 Å². The van der Waals surface area contributed by atoms with Crippen molar-refractivity contribution in [3.8, 4) is 5.75 Å². The second-order valence-corrected chi connectivity index (χ2v) is 6.19. The van der Waals surface area contributed by atoms with Crippen LogP contribution >= 0.6 is 0 Å². The fourth-order valence-corrected chi connectivity index (χ4v) is 2.62. The highest BCUT2D eigenvalue weighted by molar-refractivity contribution is 5.80. The Labute approximate surface area is 146 Å². The normalized spacial score (nSPS) is 15.7. The molecule has 138 valence electrons. The number of benzene rings is 1. The molecular formula is C18H24F3N3O. The first-order valence-corrected chi connectivity index (χ1v) is 8.28. The summed E-state index contributed by atoms with van der Waals surface area (Å²) < 4.78 is 45.5. The number of guanidine groups is 1. The molecule has 0 saturated heterocycles. The van der Waals surface area contributed by atoms with E-state index in [1.807, 2.05) is 0 Å². The van der Waals surface area contributed by atoms with Crippen molar-refractivity contribution in [1.29, 1.82) is 0 Å². The van der Waals surface area contributed by atoms with E-state index in [9.17, 15) is 13.2 Å². The van der Waals surface area contributed by atoms with Gasteiger partial charge in [-0.25, -0.2) is 0 Å². The van der Waals surface area contributed by atoms with Gasteiger partial charge in [-0.2, -0.15) is 13.2 Å². The van der Waals surface area contributed by atoms with E-state index in [2.05, 4.69) is 27.8 Å². The maximum atomic E-state index is 13.4. The Kier molecular flexibility index (Phi) is 6.33. The molecule has 0 fully saturated rings. The Bertz CT molecular complexity index is 631. The largest absolute Gasteiger partial charge is 0.491 e. The number of hydrogen-bond acceptors (Lipinski definition) is 2. The van der Waals surface area contributed by atoms with Crippen LogP contribution < -0.4 is 15.4 Å². The molecule has 0 unspecified atom stereocenters. The molecule has 0 bridgehead atoms. The standard InChI is InChI=1S/C18H24F3N3O/c1-12(2)25-15-9-8-13(16(10-15)18(19,20)21)11-23-17(22-3)24-14-6-4-5-7-14/h4-5,8-10,12,14H,6-7,11H2,1-3H3,(H2,22,23,24). The zero-order valence-corrected chi connectivity index (χ0v) is 14.7. The lowest BCUT2D eigenvalue weighted by molar-refractivity contribution is -0.138. The molecule has 1 aliphatic rings. The molecule has 0 heterocycles. The highest BCUT2D eigenvalue weighted by Crippen LogP contribution is 2.34. The summed E-state index contributed by atoms with van der Waals surface area (Å²) in [6.07, 6.45) is 1.28. The molecule has 1 aromatic carbocycles. The molecule has 7 heteroatoms. The molecule has 0 amide bonds. The zero-order chi connectivity index (χ0) is 18.4. The van der Waals surface area contributed by atoms with Gasteiger partial charge in [0.05, 0.1) is 11.7 Å². The van der Waals surface area contributed by atoms with Crippen LogP contribution in [0, 0.1) is 0 Å². The van der Waals surface area contributed by atoms with Gasteiger partial charge >= 0.3 is 6.18 Å². The average Bonchev–Trinajstić information content (AvgIpc) is 3.03. The minimum atomic E-state index is -4.44. The number of rotatable bonds is 5. The van der Waals surface area contributed by atoms with Gasteiger partial charge in [-0.05, 0) is 44.4 Å². The number of nitrogens with zero attached hydrogens (tertiary/aromatic N) is 1. The molecule has 0 radical (unpaired) electrons. The number of aliphatic imine (C=N–C) groups is 1. The number of alkyl halides is 3. The maximum Gasteiger partial charge on any atom is 0.416 e. The van der Waals surface area contributed by atoms with Crippen LogP contribution in [-0.2, 0) is 12.7 Å². The van der Waals surface area contributed by atoms with Crippen molar-refractivity contribution in [3.05, 3.63) is 41.5 Å². The van der Waals surface area contributed by atoms with Crippen LogP contribution in [0.25, 0.3) is 0 Å². The van der Waals surface area contributed by atoms with Gasteiger partial charge in [0.25, 0.3) is 0 Å². The molecule has 1 aromatic rings. The number of ether oxygens (including phenoxy) is 1.